The predicted molar refractivity (Wildman–Crippen MR) is 80.1 cm³/mol. The molecule has 2 N–H and O–H groups in total. The number of aromatic nitrogens is 2. The van der Waals surface area contributed by atoms with Crippen LogP contribution in [0.1, 0.15) is 12.2 Å². The van der Waals surface area contributed by atoms with Gasteiger partial charge in [0.05, 0.1) is 17.6 Å². The number of para-hydroxylation sites is 2. The van der Waals surface area contributed by atoms with E-state index in [0.29, 0.717) is 6.54 Å². The van der Waals surface area contributed by atoms with Gasteiger partial charge in [0.2, 0.25) is 0 Å². The predicted octanol–water partition coefficient (Wildman–Crippen LogP) is 0.916. The van der Waals surface area contributed by atoms with Gasteiger partial charge in [-0.15, -0.1) is 0 Å². The molecule has 6 heteroatoms. The molecule has 112 valence electrons. The van der Waals surface area contributed by atoms with Crippen LogP contribution >= 0.6 is 0 Å². The van der Waals surface area contributed by atoms with E-state index in [9.17, 15) is 4.79 Å². The van der Waals surface area contributed by atoms with Crippen LogP contribution in [-0.4, -0.2) is 51.7 Å². The van der Waals surface area contributed by atoms with Crippen molar-refractivity contribution in [2.24, 2.45) is 0 Å². The second-order valence-electron chi connectivity index (χ2n) is 5.38. The maximum atomic E-state index is 11.1. The molecule has 1 aliphatic rings. The van der Waals surface area contributed by atoms with E-state index in [0.717, 1.165) is 49.5 Å². The van der Waals surface area contributed by atoms with Crippen molar-refractivity contribution in [3.05, 3.63) is 30.1 Å². The van der Waals surface area contributed by atoms with Crippen LogP contribution in [0.4, 0.5) is 0 Å². The first-order valence-corrected chi connectivity index (χ1v) is 7.33. The van der Waals surface area contributed by atoms with Gasteiger partial charge >= 0.3 is 5.97 Å². The van der Waals surface area contributed by atoms with Crippen molar-refractivity contribution in [3.8, 4) is 0 Å². The topological polar surface area (TPSA) is 70.4 Å². The molecule has 0 bridgehead atoms. The van der Waals surface area contributed by atoms with Gasteiger partial charge in [-0.25, -0.2) is 4.98 Å². The minimum absolute atomic E-state index is 0.0397. The summed E-state index contributed by atoms with van der Waals surface area (Å²) < 4.78 is 1.82. The molecule has 1 saturated heterocycles. The van der Waals surface area contributed by atoms with Crippen molar-refractivity contribution in [2.45, 2.75) is 19.5 Å². The fraction of sp³-hybridized carbons (Fsp3) is 0.467. The van der Waals surface area contributed by atoms with Crippen LogP contribution in [-0.2, 0) is 17.9 Å². The number of fused-ring (bicyclic) bond motifs is 1. The lowest BCUT2D eigenvalue weighted by Crippen LogP contribution is -2.29. The third-order valence-electron chi connectivity index (χ3n) is 3.82. The number of hydrogen-bond donors (Lipinski definition) is 2. The van der Waals surface area contributed by atoms with Gasteiger partial charge in [0.15, 0.2) is 0 Å². The Bertz CT molecular complexity index is 630. The first-order chi connectivity index (χ1) is 10.2. The van der Waals surface area contributed by atoms with Crippen LogP contribution in [0, 0.1) is 0 Å². The number of carboxylic acid groups (broad SMARTS) is 1. The molecule has 0 unspecified atom stereocenters. The minimum atomic E-state index is -0.836. The Labute approximate surface area is 123 Å². The Morgan fingerprint density at radius 3 is 3.00 bits per heavy atom. The van der Waals surface area contributed by atoms with E-state index >= 15 is 0 Å². The number of aliphatic carboxylic acids is 1. The van der Waals surface area contributed by atoms with Gasteiger partial charge in [-0.3, -0.25) is 9.69 Å². The van der Waals surface area contributed by atoms with Crippen LogP contribution < -0.4 is 5.32 Å². The van der Waals surface area contributed by atoms with Gasteiger partial charge in [0.1, 0.15) is 12.4 Å². The van der Waals surface area contributed by atoms with E-state index in [-0.39, 0.29) is 6.54 Å². The summed E-state index contributed by atoms with van der Waals surface area (Å²) in [6.07, 6.45) is 1.11. The van der Waals surface area contributed by atoms with Gasteiger partial charge < -0.3 is 15.0 Å². The molecule has 0 amide bonds. The lowest BCUT2D eigenvalue weighted by molar-refractivity contribution is -0.137. The highest BCUT2D eigenvalue weighted by Gasteiger charge is 2.16. The van der Waals surface area contributed by atoms with Crippen molar-refractivity contribution in [2.75, 3.05) is 26.2 Å². The van der Waals surface area contributed by atoms with Crippen molar-refractivity contribution >= 4 is 17.0 Å². The molecule has 1 fully saturated rings. The summed E-state index contributed by atoms with van der Waals surface area (Å²) >= 11 is 0. The third-order valence-corrected chi connectivity index (χ3v) is 3.82. The van der Waals surface area contributed by atoms with E-state index in [1.165, 1.54) is 0 Å². The third kappa shape index (κ3) is 3.22. The van der Waals surface area contributed by atoms with E-state index < -0.39 is 5.97 Å². The molecule has 0 atom stereocenters. The number of imidazole rings is 1. The first kappa shape index (κ1) is 14.0. The zero-order valence-corrected chi connectivity index (χ0v) is 12.0. The Balaban J connectivity index is 1.90. The molecule has 0 saturated carbocycles. The summed E-state index contributed by atoms with van der Waals surface area (Å²) in [5.74, 6) is -0.00237. The number of nitrogens with zero attached hydrogens (tertiary/aromatic N) is 3. The lowest BCUT2D eigenvalue weighted by Gasteiger charge is -2.19. The lowest BCUT2D eigenvalue weighted by atomic mass is 10.3. The largest absolute Gasteiger partial charge is 0.480 e. The Hall–Kier alpha value is -1.92. The zero-order chi connectivity index (χ0) is 14.7. The molecule has 3 rings (SSSR count). The highest BCUT2D eigenvalue weighted by atomic mass is 16.4. The Morgan fingerprint density at radius 1 is 1.29 bits per heavy atom. The van der Waals surface area contributed by atoms with Crippen LogP contribution in [0.2, 0.25) is 0 Å². The molecule has 2 heterocycles. The number of carbonyl (C=O) groups is 1. The summed E-state index contributed by atoms with van der Waals surface area (Å²) in [5, 5.41) is 12.5. The van der Waals surface area contributed by atoms with Crippen LogP contribution in [0.25, 0.3) is 11.0 Å². The van der Waals surface area contributed by atoms with Crippen LogP contribution in [0.3, 0.4) is 0 Å². The average molecular weight is 288 g/mol. The molecular weight excluding hydrogens is 268 g/mol. The standard InChI is InChI=1S/C15H20N4O2/c20-15(21)11-19-13-5-2-1-4-12(13)17-14(19)10-18-8-3-6-16-7-9-18/h1-2,4-5,16H,3,6-11H2,(H,20,21). The molecule has 0 spiro atoms. The Kier molecular flexibility index (Phi) is 4.17. The molecular formula is C15H20N4O2. The zero-order valence-electron chi connectivity index (χ0n) is 12.0. The normalized spacial score (nSPS) is 17.0. The molecule has 21 heavy (non-hydrogen) atoms. The van der Waals surface area contributed by atoms with Gasteiger partial charge in [-0.1, -0.05) is 12.1 Å². The fourth-order valence-electron chi connectivity index (χ4n) is 2.82. The molecule has 6 nitrogen and oxygen atoms in total. The second kappa shape index (κ2) is 6.24. The minimum Gasteiger partial charge on any atom is -0.480 e. The summed E-state index contributed by atoms with van der Waals surface area (Å²) in [6.45, 7) is 4.66. The van der Waals surface area contributed by atoms with Gasteiger partial charge in [-0.2, -0.15) is 0 Å². The number of nitrogens with one attached hydrogen (secondary N) is 1. The molecule has 1 aliphatic heterocycles. The number of rotatable bonds is 4. The molecule has 1 aromatic heterocycles. The highest BCUT2D eigenvalue weighted by molar-refractivity contribution is 5.78. The number of hydrogen-bond acceptors (Lipinski definition) is 4. The van der Waals surface area contributed by atoms with Crippen molar-refractivity contribution < 1.29 is 9.90 Å². The first-order valence-electron chi connectivity index (χ1n) is 7.33. The summed E-state index contributed by atoms with van der Waals surface area (Å²) in [5.41, 5.74) is 1.75. The number of carboxylic acids is 1. The maximum absolute atomic E-state index is 11.1. The summed E-state index contributed by atoms with van der Waals surface area (Å²) in [6, 6.07) is 7.71. The van der Waals surface area contributed by atoms with E-state index in [1.807, 2.05) is 28.8 Å². The van der Waals surface area contributed by atoms with Gasteiger partial charge in [-0.05, 0) is 31.6 Å². The van der Waals surface area contributed by atoms with Crippen molar-refractivity contribution in [3.63, 3.8) is 0 Å². The maximum Gasteiger partial charge on any atom is 0.323 e. The summed E-state index contributed by atoms with van der Waals surface area (Å²) in [7, 11) is 0. The van der Waals surface area contributed by atoms with E-state index in [2.05, 4.69) is 15.2 Å². The van der Waals surface area contributed by atoms with Crippen LogP contribution in [0.15, 0.2) is 24.3 Å². The monoisotopic (exact) mass is 288 g/mol. The molecule has 0 aliphatic carbocycles. The molecule has 0 radical (unpaired) electrons. The smallest absolute Gasteiger partial charge is 0.323 e. The van der Waals surface area contributed by atoms with E-state index in [1.54, 1.807) is 0 Å². The Morgan fingerprint density at radius 2 is 2.14 bits per heavy atom. The summed E-state index contributed by atoms with van der Waals surface area (Å²) in [4.78, 5) is 18.1. The van der Waals surface area contributed by atoms with E-state index in [4.69, 9.17) is 5.11 Å². The second-order valence-corrected chi connectivity index (χ2v) is 5.38. The van der Waals surface area contributed by atoms with Crippen molar-refractivity contribution in [1.29, 1.82) is 0 Å². The van der Waals surface area contributed by atoms with Gasteiger partial charge in [0.25, 0.3) is 0 Å². The fourth-order valence-corrected chi connectivity index (χ4v) is 2.82. The van der Waals surface area contributed by atoms with Crippen molar-refractivity contribution in [1.82, 2.24) is 19.8 Å². The van der Waals surface area contributed by atoms with Gasteiger partial charge in [0, 0.05) is 13.1 Å². The quantitative estimate of drug-likeness (QED) is 0.875. The highest BCUT2D eigenvalue weighted by Crippen LogP contribution is 2.17. The average Bonchev–Trinajstić information content (AvgIpc) is 2.64. The number of benzene rings is 1. The SMILES string of the molecule is O=C(O)Cn1c(CN2CCCNCC2)nc2ccccc21. The molecule has 2 aromatic rings. The van der Waals surface area contributed by atoms with Crippen LogP contribution in [0.5, 0.6) is 0 Å². The molecule has 1 aromatic carbocycles.